The summed E-state index contributed by atoms with van der Waals surface area (Å²) in [5.41, 5.74) is 0.890. The lowest BCUT2D eigenvalue weighted by atomic mass is 10.2. The van der Waals surface area contributed by atoms with Crippen molar-refractivity contribution in [1.82, 2.24) is 20.1 Å². The maximum atomic E-state index is 5.56. The maximum absolute atomic E-state index is 5.56. The number of aliphatic imine (C=N–C) groups is 1. The van der Waals surface area contributed by atoms with Gasteiger partial charge in [0.25, 0.3) is 0 Å². The highest BCUT2D eigenvalue weighted by Gasteiger charge is 2.14. The van der Waals surface area contributed by atoms with Crippen LogP contribution in [0.15, 0.2) is 23.2 Å². The first-order valence-electron chi connectivity index (χ1n) is 10.4. The number of ether oxygens (including phenoxy) is 2. The number of methoxy groups -OCH3 is 1. The molecule has 3 rings (SSSR count). The van der Waals surface area contributed by atoms with Gasteiger partial charge in [-0.05, 0) is 38.3 Å². The van der Waals surface area contributed by atoms with Crippen molar-refractivity contribution in [2.45, 2.75) is 52.0 Å². The molecule has 0 aliphatic carbocycles. The van der Waals surface area contributed by atoms with E-state index in [0.29, 0.717) is 12.4 Å². The fourth-order valence-electron chi connectivity index (χ4n) is 3.52. The van der Waals surface area contributed by atoms with E-state index in [4.69, 9.17) is 9.47 Å². The zero-order valence-electron chi connectivity index (χ0n) is 18.1. The minimum Gasteiger partial charge on any atom is -0.493 e. The van der Waals surface area contributed by atoms with Gasteiger partial charge in [0, 0.05) is 44.7 Å². The number of benzene rings is 1. The molecule has 0 radical (unpaired) electrons. The van der Waals surface area contributed by atoms with E-state index in [-0.39, 0.29) is 24.0 Å². The summed E-state index contributed by atoms with van der Waals surface area (Å²) in [6, 6.07) is 5.75. The largest absolute Gasteiger partial charge is 0.493 e. The maximum Gasteiger partial charge on any atom is 0.195 e. The number of aryl methyl sites for hydroxylation is 2. The highest BCUT2D eigenvalue weighted by molar-refractivity contribution is 14.0. The van der Waals surface area contributed by atoms with Crippen molar-refractivity contribution in [3.63, 3.8) is 0 Å². The highest BCUT2D eigenvalue weighted by Crippen LogP contribution is 2.30. The Kier molecular flexibility index (Phi) is 10.2. The molecule has 0 spiro atoms. The highest BCUT2D eigenvalue weighted by atomic mass is 127. The molecule has 1 aliphatic heterocycles. The number of nitrogens with zero attached hydrogens (tertiary/aromatic N) is 4. The van der Waals surface area contributed by atoms with Crippen LogP contribution in [0.25, 0.3) is 0 Å². The summed E-state index contributed by atoms with van der Waals surface area (Å²) < 4.78 is 13.3. The van der Waals surface area contributed by atoms with Crippen LogP contribution < -0.4 is 20.1 Å². The minimum atomic E-state index is 0. The zero-order chi connectivity index (χ0) is 20.5. The first-order valence-corrected chi connectivity index (χ1v) is 10.4. The van der Waals surface area contributed by atoms with Gasteiger partial charge in [0.15, 0.2) is 17.5 Å². The normalized spacial score (nSPS) is 13.6. The molecule has 0 atom stereocenters. The SMILES string of the molecule is CCOc1ccc(NC(=NC)NCCCc2nnc3n2CCCCC3)cc1OC.I. The minimum absolute atomic E-state index is 0. The van der Waals surface area contributed by atoms with Crippen LogP contribution in [-0.2, 0) is 19.4 Å². The van der Waals surface area contributed by atoms with Crippen molar-refractivity contribution in [3.05, 3.63) is 29.8 Å². The Labute approximate surface area is 195 Å². The lowest BCUT2D eigenvalue weighted by molar-refractivity contribution is 0.311. The summed E-state index contributed by atoms with van der Waals surface area (Å²) in [6.07, 6.45) is 6.64. The Hall–Kier alpha value is -2.04. The summed E-state index contributed by atoms with van der Waals surface area (Å²) in [5, 5.41) is 15.4. The first kappa shape index (κ1) is 24.2. The molecule has 0 unspecified atom stereocenters. The molecule has 0 saturated heterocycles. The van der Waals surface area contributed by atoms with Crippen molar-refractivity contribution in [3.8, 4) is 11.5 Å². The van der Waals surface area contributed by atoms with Crippen molar-refractivity contribution >= 4 is 35.6 Å². The molecule has 9 heteroatoms. The molecule has 30 heavy (non-hydrogen) atoms. The Balaban J connectivity index is 0.00000320. The van der Waals surface area contributed by atoms with Gasteiger partial charge in [0.1, 0.15) is 11.6 Å². The molecule has 0 bridgehead atoms. The van der Waals surface area contributed by atoms with Crippen molar-refractivity contribution < 1.29 is 9.47 Å². The second-order valence-corrected chi connectivity index (χ2v) is 7.02. The van der Waals surface area contributed by atoms with Crippen molar-refractivity contribution in [1.29, 1.82) is 0 Å². The molecule has 2 heterocycles. The van der Waals surface area contributed by atoms with E-state index >= 15 is 0 Å². The molecular formula is C21H33IN6O2. The molecule has 0 amide bonds. The lowest BCUT2D eigenvalue weighted by Gasteiger charge is -2.14. The van der Waals surface area contributed by atoms with E-state index in [1.54, 1.807) is 14.2 Å². The van der Waals surface area contributed by atoms with Crippen LogP contribution in [0, 0.1) is 0 Å². The van der Waals surface area contributed by atoms with Crippen LogP contribution >= 0.6 is 24.0 Å². The molecular weight excluding hydrogens is 495 g/mol. The smallest absolute Gasteiger partial charge is 0.195 e. The molecule has 0 saturated carbocycles. The fourth-order valence-corrected chi connectivity index (χ4v) is 3.52. The Morgan fingerprint density at radius 1 is 1.20 bits per heavy atom. The molecule has 8 nitrogen and oxygen atoms in total. The van der Waals surface area contributed by atoms with Crippen LogP contribution in [-0.4, -0.2) is 48.0 Å². The molecule has 1 aromatic heterocycles. The van der Waals surface area contributed by atoms with E-state index in [1.165, 1.54) is 19.3 Å². The molecule has 166 valence electrons. The topological polar surface area (TPSA) is 85.6 Å². The van der Waals surface area contributed by atoms with Crippen molar-refractivity contribution in [2.24, 2.45) is 4.99 Å². The molecule has 2 N–H and O–H groups in total. The van der Waals surface area contributed by atoms with Crippen LogP contribution in [0.2, 0.25) is 0 Å². The van der Waals surface area contributed by atoms with Gasteiger partial charge in [-0.15, -0.1) is 34.2 Å². The van der Waals surface area contributed by atoms with Crippen LogP contribution in [0.1, 0.15) is 44.3 Å². The summed E-state index contributed by atoms with van der Waals surface area (Å²) in [7, 11) is 3.40. The predicted octanol–water partition coefficient (Wildman–Crippen LogP) is 3.65. The van der Waals surface area contributed by atoms with Crippen LogP contribution in [0.5, 0.6) is 11.5 Å². The van der Waals surface area contributed by atoms with Gasteiger partial charge < -0.3 is 24.7 Å². The number of fused-ring (bicyclic) bond motifs is 1. The summed E-state index contributed by atoms with van der Waals surface area (Å²) in [5.74, 6) is 4.39. The van der Waals surface area contributed by atoms with Crippen LogP contribution in [0.3, 0.4) is 0 Å². The Morgan fingerprint density at radius 2 is 2.07 bits per heavy atom. The van der Waals surface area contributed by atoms with E-state index in [2.05, 4.69) is 30.4 Å². The lowest BCUT2D eigenvalue weighted by Crippen LogP contribution is -2.31. The van der Waals surface area contributed by atoms with Gasteiger partial charge >= 0.3 is 0 Å². The third-order valence-corrected chi connectivity index (χ3v) is 5.01. The number of aromatic nitrogens is 3. The third kappa shape index (κ3) is 6.48. The summed E-state index contributed by atoms with van der Waals surface area (Å²) >= 11 is 0. The molecule has 1 aliphatic rings. The second-order valence-electron chi connectivity index (χ2n) is 7.02. The predicted molar refractivity (Wildman–Crippen MR) is 130 cm³/mol. The summed E-state index contributed by atoms with van der Waals surface area (Å²) in [6.45, 7) is 4.40. The van der Waals surface area contributed by atoms with Gasteiger partial charge in [0.2, 0.25) is 0 Å². The monoisotopic (exact) mass is 528 g/mol. The van der Waals surface area contributed by atoms with Crippen molar-refractivity contribution in [2.75, 3.05) is 32.6 Å². The van der Waals surface area contributed by atoms with Gasteiger partial charge in [-0.1, -0.05) is 6.42 Å². The average Bonchev–Trinajstić information content (AvgIpc) is 2.97. The van der Waals surface area contributed by atoms with Gasteiger partial charge in [-0.2, -0.15) is 0 Å². The third-order valence-electron chi connectivity index (χ3n) is 5.01. The number of hydrogen-bond acceptors (Lipinski definition) is 5. The quantitative estimate of drug-likeness (QED) is 0.236. The molecule has 2 aromatic rings. The average molecular weight is 528 g/mol. The zero-order valence-corrected chi connectivity index (χ0v) is 20.4. The van der Waals surface area contributed by atoms with Gasteiger partial charge in [0.05, 0.1) is 13.7 Å². The van der Waals surface area contributed by atoms with E-state index in [1.807, 2.05) is 25.1 Å². The number of hydrogen-bond donors (Lipinski definition) is 2. The molecule has 1 aromatic carbocycles. The van der Waals surface area contributed by atoms with Gasteiger partial charge in [-0.25, -0.2) is 0 Å². The first-order chi connectivity index (χ1) is 14.2. The second kappa shape index (κ2) is 12.6. The standard InChI is InChI=1S/C21H32N6O2.HI/c1-4-29-17-12-11-16(15-18(17)28-3)24-21(22-2)23-13-8-10-20-26-25-19-9-6-5-7-14-27(19)20;/h11-12,15H,4-10,13-14H2,1-3H3,(H2,22,23,24);1H. The molecule has 0 fully saturated rings. The number of anilines is 1. The number of guanidine groups is 1. The Bertz CT molecular complexity index is 824. The number of halogens is 1. The summed E-state index contributed by atoms with van der Waals surface area (Å²) in [4.78, 5) is 4.30. The van der Waals surface area contributed by atoms with E-state index < -0.39 is 0 Å². The van der Waals surface area contributed by atoms with E-state index in [9.17, 15) is 0 Å². The number of rotatable bonds is 8. The number of nitrogens with one attached hydrogen (secondary N) is 2. The van der Waals surface area contributed by atoms with Crippen LogP contribution in [0.4, 0.5) is 5.69 Å². The Morgan fingerprint density at radius 3 is 2.83 bits per heavy atom. The fraction of sp³-hybridized carbons (Fsp3) is 0.571. The van der Waals surface area contributed by atoms with E-state index in [0.717, 1.165) is 61.4 Å². The van der Waals surface area contributed by atoms with Gasteiger partial charge in [-0.3, -0.25) is 4.99 Å².